The summed E-state index contributed by atoms with van der Waals surface area (Å²) in [5.74, 6) is -1.11. The molecule has 4 heteroatoms. The van der Waals surface area contributed by atoms with Crippen molar-refractivity contribution in [2.75, 3.05) is 0 Å². The number of nitro groups is 1. The molecule has 0 atom stereocenters. The Balaban J connectivity index is 2.70. The summed E-state index contributed by atoms with van der Waals surface area (Å²) in [7, 11) is 0. The Morgan fingerprint density at radius 2 is 1.92 bits per heavy atom. The van der Waals surface area contributed by atoms with Crippen molar-refractivity contribution < 1.29 is 9.72 Å². The predicted molar refractivity (Wildman–Crippen MR) is 47.5 cm³/mol. The standard InChI is InChI=1S/C9H7NO3/c11-9(10(12)13)7-6-8-4-2-1-3-5-8/h1-7H/b7-6+. The molecule has 66 valence electrons. The van der Waals surface area contributed by atoms with Crippen LogP contribution in [0.5, 0.6) is 0 Å². The quantitative estimate of drug-likeness (QED) is 0.390. The van der Waals surface area contributed by atoms with Gasteiger partial charge in [0.25, 0.3) is 0 Å². The van der Waals surface area contributed by atoms with Crippen molar-refractivity contribution in [1.29, 1.82) is 0 Å². The summed E-state index contributed by atoms with van der Waals surface area (Å²) in [5.41, 5.74) is 0.762. The summed E-state index contributed by atoms with van der Waals surface area (Å²) in [6.45, 7) is 0. The van der Waals surface area contributed by atoms with E-state index in [1.807, 2.05) is 6.07 Å². The summed E-state index contributed by atoms with van der Waals surface area (Å²) in [6, 6.07) is 8.91. The highest BCUT2D eigenvalue weighted by Gasteiger charge is 2.07. The van der Waals surface area contributed by atoms with E-state index >= 15 is 0 Å². The lowest BCUT2D eigenvalue weighted by molar-refractivity contribution is -0.395. The number of hydrogen-bond donors (Lipinski definition) is 0. The number of amides is 1. The number of hydrogen-bond acceptors (Lipinski definition) is 3. The molecule has 1 amide bonds. The van der Waals surface area contributed by atoms with E-state index in [9.17, 15) is 14.9 Å². The number of carbonyl (C=O) groups excluding carboxylic acids is 1. The fraction of sp³-hybridized carbons (Fsp3) is 0. The molecule has 13 heavy (non-hydrogen) atoms. The number of carbonyl (C=O) groups is 1. The molecule has 4 nitrogen and oxygen atoms in total. The van der Waals surface area contributed by atoms with Crippen LogP contribution >= 0.6 is 0 Å². The predicted octanol–water partition coefficient (Wildman–Crippen LogP) is 1.50. The first-order valence-corrected chi connectivity index (χ1v) is 3.61. The molecule has 0 aromatic heterocycles. The molecule has 1 aromatic rings. The maximum absolute atomic E-state index is 10.5. The average Bonchev–Trinajstić information content (AvgIpc) is 2.15. The lowest BCUT2D eigenvalue weighted by Crippen LogP contribution is -2.06. The van der Waals surface area contributed by atoms with Crippen LogP contribution in [0.25, 0.3) is 6.08 Å². The van der Waals surface area contributed by atoms with Crippen LogP contribution in [-0.4, -0.2) is 10.8 Å². The average molecular weight is 177 g/mol. The summed E-state index contributed by atoms with van der Waals surface area (Å²) < 4.78 is 0. The molecule has 0 heterocycles. The van der Waals surface area contributed by atoms with Crippen molar-refractivity contribution >= 4 is 12.0 Å². The second-order valence-corrected chi connectivity index (χ2v) is 2.34. The van der Waals surface area contributed by atoms with E-state index in [1.165, 1.54) is 6.08 Å². The third kappa shape index (κ3) is 2.86. The molecular weight excluding hydrogens is 170 g/mol. The lowest BCUT2D eigenvalue weighted by Gasteiger charge is -1.88. The van der Waals surface area contributed by atoms with Gasteiger partial charge >= 0.3 is 5.91 Å². The zero-order chi connectivity index (χ0) is 9.68. The van der Waals surface area contributed by atoms with Gasteiger partial charge in [-0.05, 0) is 11.6 Å². The molecule has 0 unspecified atom stereocenters. The topological polar surface area (TPSA) is 60.2 Å². The Hall–Kier alpha value is -1.97. The monoisotopic (exact) mass is 177 g/mol. The Labute approximate surface area is 74.7 Å². The van der Waals surface area contributed by atoms with Crippen LogP contribution in [-0.2, 0) is 4.79 Å². The Morgan fingerprint density at radius 1 is 1.31 bits per heavy atom. The minimum Gasteiger partial charge on any atom is -0.255 e. The van der Waals surface area contributed by atoms with Crippen molar-refractivity contribution in [2.45, 2.75) is 0 Å². The van der Waals surface area contributed by atoms with Gasteiger partial charge in [-0.15, -0.1) is 0 Å². The minimum absolute atomic E-state index is 0.762. The minimum atomic E-state index is -1.11. The Kier molecular flexibility index (Phi) is 2.92. The molecule has 0 N–H and O–H groups in total. The molecule has 0 aliphatic rings. The van der Waals surface area contributed by atoms with Gasteiger partial charge in [0.15, 0.2) is 0 Å². The third-order valence-corrected chi connectivity index (χ3v) is 1.40. The SMILES string of the molecule is O=C(/C=C/c1ccccc1)[N+](=O)[O-]. The van der Waals surface area contributed by atoms with E-state index in [0.717, 1.165) is 11.6 Å². The molecule has 0 spiro atoms. The van der Waals surface area contributed by atoms with E-state index in [4.69, 9.17) is 0 Å². The van der Waals surface area contributed by atoms with Gasteiger partial charge < -0.3 is 0 Å². The Bertz CT molecular complexity index is 343. The largest absolute Gasteiger partial charge is 0.469 e. The summed E-state index contributed by atoms with van der Waals surface area (Å²) in [5, 5.41) is 9.93. The number of benzene rings is 1. The first-order chi connectivity index (χ1) is 6.20. The fourth-order valence-corrected chi connectivity index (χ4v) is 0.793. The van der Waals surface area contributed by atoms with Gasteiger partial charge in [0, 0.05) is 0 Å². The normalized spacial score (nSPS) is 10.2. The van der Waals surface area contributed by atoms with Gasteiger partial charge in [-0.2, -0.15) is 0 Å². The maximum Gasteiger partial charge on any atom is 0.469 e. The van der Waals surface area contributed by atoms with Crippen molar-refractivity contribution in [3.05, 3.63) is 52.1 Å². The summed E-state index contributed by atoms with van der Waals surface area (Å²) in [4.78, 5) is 19.5. The van der Waals surface area contributed by atoms with E-state index in [-0.39, 0.29) is 0 Å². The van der Waals surface area contributed by atoms with Crippen molar-refractivity contribution in [1.82, 2.24) is 0 Å². The summed E-state index contributed by atoms with van der Waals surface area (Å²) >= 11 is 0. The fourth-order valence-electron chi connectivity index (χ4n) is 0.793. The highest BCUT2D eigenvalue weighted by molar-refractivity contribution is 5.85. The van der Waals surface area contributed by atoms with Crippen LogP contribution in [0, 0.1) is 10.1 Å². The molecule has 0 saturated carbocycles. The maximum atomic E-state index is 10.5. The van der Waals surface area contributed by atoms with Crippen LogP contribution in [0.2, 0.25) is 0 Å². The van der Waals surface area contributed by atoms with E-state index < -0.39 is 10.8 Å². The first-order valence-electron chi connectivity index (χ1n) is 3.61. The van der Waals surface area contributed by atoms with Crippen LogP contribution in [0.3, 0.4) is 0 Å². The molecule has 0 aliphatic carbocycles. The highest BCUT2D eigenvalue weighted by atomic mass is 16.6. The molecule has 0 radical (unpaired) electrons. The molecule has 1 rings (SSSR count). The summed E-state index contributed by atoms with van der Waals surface area (Å²) in [6.07, 6.45) is 2.35. The molecular formula is C9H7NO3. The molecule has 0 fully saturated rings. The third-order valence-electron chi connectivity index (χ3n) is 1.40. The van der Waals surface area contributed by atoms with E-state index in [2.05, 4.69) is 0 Å². The second-order valence-electron chi connectivity index (χ2n) is 2.34. The number of rotatable bonds is 2. The van der Waals surface area contributed by atoms with Crippen molar-refractivity contribution in [3.8, 4) is 0 Å². The van der Waals surface area contributed by atoms with E-state index in [0.29, 0.717) is 0 Å². The lowest BCUT2D eigenvalue weighted by atomic mass is 10.2. The van der Waals surface area contributed by atoms with Crippen molar-refractivity contribution in [3.63, 3.8) is 0 Å². The van der Waals surface area contributed by atoms with Crippen LogP contribution in [0.15, 0.2) is 36.4 Å². The van der Waals surface area contributed by atoms with Gasteiger partial charge in [0.2, 0.25) is 0 Å². The molecule has 0 saturated heterocycles. The van der Waals surface area contributed by atoms with Gasteiger partial charge in [0.05, 0.1) is 6.08 Å². The van der Waals surface area contributed by atoms with Crippen LogP contribution in [0.1, 0.15) is 5.56 Å². The van der Waals surface area contributed by atoms with Crippen LogP contribution in [0.4, 0.5) is 0 Å². The first kappa shape index (κ1) is 9.12. The molecule has 0 bridgehead atoms. The molecule has 0 aliphatic heterocycles. The van der Waals surface area contributed by atoms with Gasteiger partial charge in [-0.25, -0.2) is 4.79 Å². The van der Waals surface area contributed by atoms with Crippen LogP contribution < -0.4 is 0 Å². The number of nitrogens with zero attached hydrogens (tertiary/aromatic N) is 1. The van der Waals surface area contributed by atoms with E-state index in [1.54, 1.807) is 24.3 Å². The zero-order valence-electron chi connectivity index (χ0n) is 6.71. The van der Waals surface area contributed by atoms with Gasteiger partial charge in [0.1, 0.15) is 4.92 Å². The van der Waals surface area contributed by atoms with Gasteiger partial charge in [-0.1, -0.05) is 30.3 Å². The Morgan fingerprint density at radius 3 is 2.46 bits per heavy atom. The smallest absolute Gasteiger partial charge is 0.255 e. The highest BCUT2D eigenvalue weighted by Crippen LogP contribution is 2.00. The van der Waals surface area contributed by atoms with Crippen molar-refractivity contribution in [2.24, 2.45) is 0 Å². The molecule has 1 aromatic carbocycles. The zero-order valence-corrected chi connectivity index (χ0v) is 6.71. The van der Waals surface area contributed by atoms with Gasteiger partial charge in [-0.3, -0.25) is 10.1 Å². The second kappa shape index (κ2) is 4.15.